The fourth-order valence-corrected chi connectivity index (χ4v) is 2.39. The minimum atomic E-state index is -0.213. The molecule has 0 amide bonds. The minimum absolute atomic E-state index is 0.213. The molecule has 1 aromatic heterocycles. The van der Waals surface area contributed by atoms with Crippen LogP contribution in [0.3, 0.4) is 0 Å². The lowest BCUT2D eigenvalue weighted by Crippen LogP contribution is -2.31. The standard InChI is InChI=1S/C14H16FN3/c15-12-5-3-11(4-6-12)14-9-18(10-17-14)13-2-1-7-16-8-13/h3-6,9-10,13,16H,1-2,7-8H2/t13-/m1/s1. The number of nitrogens with one attached hydrogen (secondary N) is 1. The van der Waals surface area contributed by atoms with Gasteiger partial charge in [0.15, 0.2) is 0 Å². The van der Waals surface area contributed by atoms with E-state index in [-0.39, 0.29) is 5.82 Å². The fraction of sp³-hybridized carbons (Fsp3) is 0.357. The number of hydrogen-bond donors (Lipinski definition) is 1. The number of aromatic nitrogens is 2. The first-order chi connectivity index (χ1) is 8.83. The van der Waals surface area contributed by atoms with Gasteiger partial charge in [0.2, 0.25) is 0 Å². The van der Waals surface area contributed by atoms with E-state index in [0.29, 0.717) is 6.04 Å². The third-order valence-electron chi connectivity index (χ3n) is 3.43. The number of piperidine rings is 1. The Balaban J connectivity index is 1.82. The molecule has 0 unspecified atom stereocenters. The number of halogens is 1. The second kappa shape index (κ2) is 4.90. The maximum absolute atomic E-state index is 12.9. The zero-order valence-electron chi connectivity index (χ0n) is 10.1. The van der Waals surface area contributed by atoms with Crippen molar-refractivity contribution in [1.82, 2.24) is 14.9 Å². The first kappa shape index (κ1) is 11.4. The molecule has 18 heavy (non-hydrogen) atoms. The Morgan fingerprint density at radius 3 is 2.83 bits per heavy atom. The topological polar surface area (TPSA) is 29.9 Å². The van der Waals surface area contributed by atoms with Crippen LogP contribution in [0.2, 0.25) is 0 Å². The van der Waals surface area contributed by atoms with Crippen molar-refractivity contribution >= 4 is 0 Å². The molecule has 2 aromatic rings. The lowest BCUT2D eigenvalue weighted by atomic mass is 10.1. The zero-order chi connectivity index (χ0) is 12.4. The van der Waals surface area contributed by atoms with Crippen molar-refractivity contribution in [2.75, 3.05) is 13.1 Å². The number of rotatable bonds is 2. The second-order valence-electron chi connectivity index (χ2n) is 4.71. The quantitative estimate of drug-likeness (QED) is 0.881. The summed E-state index contributed by atoms with van der Waals surface area (Å²) in [5.74, 6) is -0.213. The van der Waals surface area contributed by atoms with Gasteiger partial charge >= 0.3 is 0 Å². The molecule has 1 aromatic carbocycles. The van der Waals surface area contributed by atoms with Gasteiger partial charge in [-0.1, -0.05) is 0 Å². The molecule has 1 aliphatic heterocycles. The van der Waals surface area contributed by atoms with Gasteiger partial charge in [-0.05, 0) is 43.7 Å². The van der Waals surface area contributed by atoms with Crippen LogP contribution >= 0.6 is 0 Å². The maximum Gasteiger partial charge on any atom is 0.123 e. The van der Waals surface area contributed by atoms with Gasteiger partial charge in [-0.25, -0.2) is 9.37 Å². The Labute approximate surface area is 106 Å². The molecule has 1 saturated heterocycles. The summed E-state index contributed by atoms with van der Waals surface area (Å²) in [5.41, 5.74) is 1.86. The van der Waals surface area contributed by atoms with Crippen LogP contribution in [0.15, 0.2) is 36.8 Å². The SMILES string of the molecule is Fc1ccc(-c2cn([C@@H]3CCCNC3)cn2)cc1. The molecule has 1 N–H and O–H groups in total. The molecule has 3 rings (SSSR count). The van der Waals surface area contributed by atoms with Gasteiger partial charge in [-0.15, -0.1) is 0 Å². The Bertz CT molecular complexity index is 512. The first-order valence-corrected chi connectivity index (χ1v) is 6.33. The van der Waals surface area contributed by atoms with Gasteiger partial charge in [0.1, 0.15) is 5.82 Å². The van der Waals surface area contributed by atoms with Gasteiger partial charge in [0.05, 0.1) is 12.0 Å². The molecule has 1 fully saturated rings. The Kier molecular flexibility index (Phi) is 3.11. The largest absolute Gasteiger partial charge is 0.332 e. The number of nitrogens with zero attached hydrogens (tertiary/aromatic N) is 2. The van der Waals surface area contributed by atoms with Crippen LogP contribution in [0.25, 0.3) is 11.3 Å². The average Bonchev–Trinajstić information content (AvgIpc) is 2.90. The minimum Gasteiger partial charge on any atom is -0.332 e. The van der Waals surface area contributed by atoms with Crippen molar-refractivity contribution in [3.05, 3.63) is 42.6 Å². The van der Waals surface area contributed by atoms with Crippen LogP contribution in [-0.4, -0.2) is 22.6 Å². The maximum atomic E-state index is 12.9. The van der Waals surface area contributed by atoms with Crippen LogP contribution in [0.4, 0.5) is 4.39 Å². The summed E-state index contributed by atoms with van der Waals surface area (Å²) in [6.45, 7) is 2.11. The monoisotopic (exact) mass is 245 g/mol. The highest BCUT2D eigenvalue weighted by Crippen LogP contribution is 2.22. The molecular formula is C14H16FN3. The smallest absolute Gasteiger partial charge is 0.123 e. The molecule has 0 radical (unpaired) electrons. The van der Waals surface area contributed by atoms with E-state index in [2.05, 4.69) is 14.9 Å². The fourth-order valence-electron chi connectivity index (χ4n) is 2.39. The van der Waals surface area contributed by atoms with E-state index >= 15 is 0 Å². The van der Waals surface area contributed by atoms with E-state index in [4.69, 9.17) is 0 Å². The summed E-state index contributed by atoms with van der Waals surface area (Å²) in [6, 6.07) is 6.95. The Morgan fingerprint density at radius 1 is 1.28 bits per heavy atom. The van der Waals surface area contributed by atoms with Crippen LogP contribution in [-0.2, 0) is 0 Å². The average molecular weight is 245 g/mol. The second-order valence-corrected chi connectivity index (χ2v) is 4.71. The van der Waals surface area contributed by atoms with Gasteiger partial charge in [-0.2, -0.15) is 0 Å². The molecule has 0 aliphatic carbocycles. The molecule has 1 aliphatic rings. The van der Waals surface area contributed by atoms with Crippen LogP contribution in [0.1, 0.15) is 18.9 Å². The summed E-state index contributed by atoms with van der Waals surface area (Å²) in [7, 11) is 0. The lowest BCUT2D eigenvalue weighted by Gasteiger charge is -2.23. The highest BCUT2D eigenvalue weighted by Gasteiger charge is 2.15. The summed E-state index contributed by atoms with van der Waals surface area (Å²) in [4.78, 5) is 4.40. The molecule has 0 saturated carbocycles. The van der Waals surface area contributed by atoms with Crippen LogP contribution in [0, 0.1) is 5.82 Å². The van der Waals surface area contributed by atoms with Crippen molar-refractivity contribution in [1.29, 1.82) is 0 Å². The van der Waals surface area contributed by atoms with Gasteiger partial charge in [-0.3, -0.25) is 0 Å². The molecule has 0 bridgehead atoms. The van der Waals surface area contributed by atoms with Crippen molar-refractivity contribution in [3.63, 3.8) is 0 Å². The van der Waals surface area contributed by atoms with E-state index in [0.717, 1.165) is 24.3 Å². The number of benzene rings is 1. The third-order valence-corrected chi connectivity index (χ3v) is 3.43. The normalized spacial score (nSPS) is 19.9. The van der Waals surface area contributed by atoms with Crippen molar-refractivity contribution in [2.24, 2.45) is 0 Å². The van der Waals surface area contributed by atoms with E-state index in [9.17, 15) is 4.39 Å². The molecule has 4 heteroatoms. The van der Waals surface area contributed by atoms with Gasteiger partial charge in [0.25, 0.3) is 0 Å². The molecule has 0 spiro atoms. The van der Waals surface area contributed by atoms with E-state index in [1.807, 2.05) is 12.5 Å². The van der Waals surface area contributed by atoms with E-state index in [1.54, 1.807) is 12.1 Å². The Hall–Kier alpha value is -1.68. The van der Waals surface area contributed by atoms with Crippen LogP contribution in [0.5, 0.6) is 0 Å². The zero-order valence-corrected chi connectivity index (χ0v) is 10.1. The Morgan fingerprint density at radius 2 is 2.11 bits per heavy atom. The van der Waals surface area contributed by atoms with Crippen molar-refractivity contribution < 1.29 is 4.39 Å². The molecule has 94 valence electrons. The van der Waals surface area contributed by atoms with Crippen LogP contribution < -0.4 is 5.32 Å². The molecule has 2 heterocycles. The van der Waals surface area contributed by atoms with Crippen molar-refractivity contribution in [2.45, 2.75) is 18.9 Å². The van der Waals surface area contributed by atoms with Gasteiger partial charge < -0.3 is 9.88 Å². The molecule has 3 nitrogen and oxygen atoms in total. The van der Waals surface area contributed by atoms with Gasteiger partial charge in [0, 0.05) is 24.3 Å². The summed E-state index contributed by atoms with van der Waals surface area (Å²) >= 11 is 0. The predicted molar refractivity (Wildman–Crippen MR) is 68.8 cm³/mol. The number of hydrogen-bond acceptors (Lipinski definition) is 2. The van der Waals surface area contributed by atoms with E-state index in [1.165, 1.54) is 25.0 Å². The predicted octanol–water partition coefficient (Wildman–Crippen LogP) is 2.61. The van der Waals surface area contributed by atoms with Crippen molar-refractivity contribution in [3.8, 4) is 11.3 Å². The molecular weight excluding hydrogens is 229 g/mol. The third kappa shape index (κ3) is 2.29. The first-order valence-electron chi connectivity index (χ1n) is 6.33. The number of imidazole rings is 1. The summed E-state index contributed by atoms with van der Waals surface area (Å²) in [5, 5.41) is 3.39. The molecule has 1 atom stereocenters. The van der Waals surface area contributed by atoms with E-state index < -0.39 is 0 Å². The highest BCUT2D eigenvalue weighted by atomic mass is 19.1. The summed E-state index contributed by atoms with van der Waals surface area (Å²) in [6.07, 6.45) is 6.31. The highest BCUT2D eigenvalue weighted by molar-refractivity contribution is 5.57. The lowest BCUT2D eigenvalue weighted by molar-refractivity contribution is 0.371. The summed E-state index contributed by atoms with van der Waals surface area (Å²) < 4.78 is 15.0.